The molecular formula is C22H24O6. The summed E-state index contributed by atoms with van der Waals surface area (Å²) in [5.41, 5.74) is 2.85. The molecule has 0 saturated heterocycles. The van der Waals surface area contributed by atoms with Gasteiger partial charge >= 0.3 is 17.9 Å². The van der Waals surface area contributed by atoms with Gasteiger partial charge < -0.3 is 14.2 Å². The molecule has 0 amide bonds. The molecule has 6 nitrogen and oxygen atoms in total. The van der Waals surface area contributed by atoms with Crippen molar-refractivity contribution < 1.29 is 28.6 Å². The van der Waals surface area contributed by atoms with Crippen LogP contribution in [0.5, 0.6) is 0 Å². The van der Waals surface area contributed by atoms with Gasteiger partial charge in [-0.15, -0.1) is 0 Å². The first-order chi connectivity index (χ1) is 13.4. The molecule has 3 rings (SSSR count). The average Bonchev–Trinajstić information content (AvgIpc) is 3.11. The van der Waals surface area contributed by atoms with E-state index >= 15 is 0 Å². The van der Waals surface area contributed by atoms with Gasteiger partial charge in [0.2, 0.25) is 0 Å². The van der Waals surface area contributed by atoms with Crippen LogP contribution in [-0.4, -0.2) is 39.2 Å². The third-order valence-corrected chi connectivity index (χ3v) is 5.69. The predicted molar refractivity (Wildman–Crippen MR) is 102 cm³/mol. The lowest BCUT2D eigenvalue weighted by molar-refractivity contribution is -0.168. The lowest BCUT2D eigenvalue weighted by atomic mass is 9.81. The zero-order chi connectivity index (χ0) is 20.5. The highest BCUT2D eigenvalue weighted by Crippen LogP contribution is 2.52. The van der Waals surface area contributed by atoms with Gasteiger partial charge in [-0.2, -0.15) is 0 Å². The summed E-state index contributed by atoms with van der Waals surface area (Å²) in [5, 5.41) is 0. The highest BCUT2D eigenvalue weighted by molar-refractivity contribution is 6.03. The lowest BCUT2D eigenvalue weighted by Crippen LogP contribution is -2.39. The number of methoxy groups -OCH3 is 3. The molecule has 148 valence electrons. The van der Waals surface area contributed by atoms with Crippen molar-refractivity contribution in [2.75, 3.05) is 21.3 Å². The Balaban J connectivity index is 2.05. The molecule has 0 radical (unpaired) electrons. The van der Waals surface area contributed by atoms with E-state index in [9.17, 15) is 14.4 Å². The number of ether oxygens (including phenoxy) is 3. The minimum Gasteiger partial charge on any atom is -0.468 e. The van der Waals surface area contributed by atoms with Gasteiger partial charge in [0.25, 0.3) is 0 Å². The summed E-state index contributed by atoms with van der Waals surface area (Å²) in [6, 6.07) is 7.90. The average molecular weight is 384 g/mol. The first-order valence-corrected chi connectivity index (χ1v) is 9.12. The summed E-state index contributed by atoms with van der Waals surface area (Å²) < 4.78 is 14.8. The van der Waals surface area contributed by atoms with Crippen molar-refractivity contribution in [3.05, 3.63) is 52.6 Å². The molecule has 2 aliphatic rings. The molecule has 0 heterocycles. The lowest BCUT2D eigenvalue weighted by Gasteiger charge is -2.24. The van der Waals surface area contributed by atoms with Gasteiger partial charge in [0.15, 0.2) is 5.41 Å². The van der Waals surface area contributed by atoms with Crippen LogP contribution in [0.4, 0.5) is 0 Å². The molecule has 1 aromatic rings. The van der Waals surface area contributed by atoms with Crippen LogP contribution < -0.4 is 0 Å². The summed E-state index contributed by atoms with van der Waals surface area (Å²) in [7, 11) is 3.87. The van der Waals surface area contributed by atoms with Crippen LogP contribution in [0.1, 0.15) is 30.4 Å². The SMILES string of the molecule is COC(=O)C1=C(c2ccc(C)cc2)C[C@@H]2CC(C(=O)OC)(C(=O)OC)CC2=C1. The molecule has 1 aromatic carbocycles. The Morgan fingerprint density at radius 3 is 2.11 bits per heavy atom. The molecule has 6 heteroatoms. The third-order valence-electron chi connectivity index (χ3n) is 5.69. The van der Waals surface area contributed by atoms with Crippen molar-refractivity contribution in [2.24, 2.45) is 11.3 Å². The van der Waals surface area contributed by atoms with E-state index in [1.807, 2.05) is 31.2 Å². The quantitative estimate of drug-likeness (QED) is 0.451. The van der Waals surface area contributed by atoms with Gasteiger partial charge in [-0.3, -0.25) is 9.59 Å². The van der Waals surface area contributed by atoms with Crippen molar-refractivity contribution in [3.8, 4) is 0 Å². The maximum Gasteiger partial charge on any atom is 0.338 e. The number of aryl methyl sites for hydroxylation is 1. The first kappa shape index (κ1) is 19.9. The standard InChI is InChI=1S/C22H24O6/c1-13-5-7-14(8-6-13)17-9-15-11-22(20(24)27-3,21(25)28-4)12-16(15)10-18(17)19(23)26-2/h5-8,10,15H,9,11-12H2,1-4H3/t15-/m1/s1. The second kappa shape index (κ2) is 7.62. The van der Waals surface area contributed by atoms with Gasteiger partial charge in [0, 0.05) is 0 Å². The van der Waals surface area contributed by atoms with Crippen molar-refractivity contribution in [3.63, 3.8) is 0 Å². The van der Waals surface area contributed by atoms with Crippen LogP contribution in [-0.2, 0) is 28.6 Å². The van der Waals surface area contributed by atoms with Crippen molar-refractivity contribution in [2.45, 2.75) is 26.2 Å². The van der Waals surface area contributed by atoms with Gasteiger partial charge in [-0.25, -0.2) is 4.79 Å². The number of carbonyl (C=O) groups excluding carboxylic acids is 3. The zero-order valence-corrected chi connectivity index (χ0v) is 16.5. The molecule has 0 spiro atoms. The Kier molecular flexibility index (Phi) is 5.40. The van der Waals surface area contributed by atoms with E-state index in [0.29, 0.717) is 18.4 Å². The number of hydrogen-bond donors (Lipinski definition) is 0. The Bertz CT molecular complexity index is 859. The Labute approximate surface area is 164 Å². The Morgan fingerprint density at radius 2 is 1.57 bits per heavy atom. The normalized spacial score (nSPS) is 20.1. The summed E-state index contributed by atoms with van der Waals surface area (Å²) >= 11 is 0. The van der Waals surface area contributed by atoms with Gasteiger partial charge in [-0.1, -0.05) is 35.4 Å². The summed E-state index contributed by atoms with van der Waals surface area (Å²) in [4.78, 5) is 37.4. The molecule has 0 aromatic heterocycles. The highest BCUT2D eigenvalue weighted by atomic mass is 16.5. The minimum atomic E-state index is -1.37. The van der Waals surface area contributed by atoms with E-state index < -0.39 is 23.3 Å². The second-order valence-corrected chi connectivity index (χ2v) is 7.32. The first-order valence-electron chi connectivity index (χ1n) is 9.12. The third kappa shape index (κ3) is 3.23. The number of rotatable bonds is 4. The minimum absolute atomic E-state index is 0.0529. The summed E-state index contributed by atoms with van der Waals surface area (Å²) in [6.45, 7) is 2.00. The number of esters is 3. The molecule has 2 aliphatic carbocycles. The Hall–Kier alpha value is -2.89. The predicted octanol–water partition coefficient (Wildman–Crippen LogP) is 2.99. The van der Waals surface area contributed by atoms with Gasteiger partial charge in [0.1, 0.15) is 0 Å². The van der Waals surface area contributed by atoms with E-state index in [0.717, 1.165) is 22.3 Å². The van der Waals surface area contributed by atoms with Crippen LogP contribution in [0, 0.1) is 18.3 Å². The highest BCUT2D eigenvalue weighted by Gasteiger charge is 2.56. The monoisotopic (exact) mass is 384 g/mol. The molecule has 1 saturated carbocycles. The van der Waals surface area contributed by atoms with Crippen LogP contribution in [0.25, 0.3) is 5.57 Å². The van der Waals surface area contributed by atoms with E-state index in [2.05, 4.69) is 0 Å². The number of hydrogen-bond acceptors (Lipinski definition) is 6. The van der Waals surface area contributed by atoms with Crippen LogP contribution in [0.2, 0.25) is 0 Å². The Morgan fingerprint density at radius 1 is 0.964 bits per heavy atom. The number of fused-ring (bicyclic) bond motifs is 1. The fraction of sp³-hybridized carbons (Fsp3) is 0.409. The second-order valence-electron chi connectivity index (χ2n) is 7.32. The largest absolute Gasteiger partial charge is 0.468 e. The van der Waals surface area contributed by atoms with Crippen molar-refractivity contribution >= 4 is 23.5 Å². The molecule has 0 aliphatic heterocycles. The zero-order valence-electron chi connectivity index (χ0n) is 16.5. The fourth-order valence-electron chi connectivity index (χ4n) is 4.22. The molecule has 0 N–H and O–H groups in total. The van der Waals surface area contributed by atoms with Gasteiger partial charge in [-0.05, 0) is 49.3 Å². The number of allylic oxidation sites excluding steroid dienone is 2. The van der Waals surface area contributed by atoms with Crippen molar-refractivity contribution in [1.82, 2.24) is 0 Å². The molecule has 1 fully saturated rings. The smallest absolute Gasteiger partial charge is 0.338 e. The molecule has 28 heavy (non-hydrogen) atoms. The van der Waals surface area contributed by atoms with Crippen molar-refractivity contribution in [1.29, 1.82) is 0 Å². The van der Waals surface area contributed by atoms with Crippen LogP contribution >= 0.6 is 0 Å². The van der Waals surface area contributed by atoms with Crippen LogP contribution in [0.3, 0.4) is 0 Å². The summed E-state index contributed by atoms with van der Waals surface area (Å²) in [5.74, 6) is -1.70. The molecular weight excluding hydrogens is 360 g/mol. The maximum absolute atomic E-state index is 12.5. The molecule has 1 atom stereocenters. The fourth-order valence-corrected chi connectivity index (χ4v) is 4.22. The van der Waals surface area contributed by atoms with E-state index in [-0.39, 0.29) is 12.3 Å². The van der Waals surface area contributed by atoms with E-state index in [1.54, 1.807) is 6.08 Å². The number of benzene rings is 1. The van der Waals surface area contributed by atoms with Gasteiger partial charge in [0.05, 0.1) is 26.9 Å². The topological polar surface area (TPSA) is 78.9 Å². The molecule has 0 bridgehead atoms. The number of carbonyl (C=O) groups is 3. The molecule has 0 unspecified atom stereocenters. The summed E-state index contributed by atoms with van der Waals surface area (Å²) in [6.07, 6.45) is 2.78. The van der Waals surface area contributed by atoms with E-state index in [1.165, 1.54) is 21.3 Å². The maximum atomic E-state index is 12.5. The van der Waals surface area contributed by atoms with E-state index in [4.69, 9.17) is 14.2 Å². The van der Waals surface area contributed by atoms with Crippen LogP contribution in [0.15, 0.2) is 41.5 Å².